The van der Waals surface area contributed by atoms with Crippen molar-refractivity contribution < 1.29 is 0 Å². The van der Waals surface area contributed by atoms with Crippen LogP contribution >= 0.6 is 0 Å². The van der Waals surface area contributed by atoms with Crippen molar-refractivity contribution in [2.75, 3.05) is 0 Å². The Morgan fingerprint density at radius 3 is 2.29 bits per heavy atom. The van der Waals surface area contributed by atoms with Crippen molar-refractivity contribution in [2.45, 2.75) is 76.3 Å². The fourth-order valence-corrected chi connectivity index (χ4v) is 4.38. The zero-order valence-corrected chi connectivity index (χ0v) is 13.6. The monoisotopic (exact) mass is 286 g/mol. The molecule has 0 bridgehead atoms. The molecule has 0 aliphatic heterocycles. The van der Waals surface area contributed by atoms with Gasteiger partial charge in [0, 0.05) is 11.6 Å². The molecule has 2 aliphatic carbocycles. The molecule has 0 amide bonds. The maximum atomic E-state index is 6.75. The Morgan fingerprint density at radius 1 is 1.00 bits per heavy atom. The van der Waals surface area contributed by atoms with Gasteiger partial charge in [-0.3, -0.25) is 0 Å². The highest BCUT2D eigenvalue weighted by molar-refractivity contribution is 5.37. The number of hydrogen-bond acceptors (Lipinski definition) is 2. The zero-order chi connectivity index (χ0) is 15.1. The van der Waals surface area contributed by atoms with Gasteiger partial charge < -0.3 is 11.5 Å². The Morgan fingerprint density at radius 2 is 1.67 bits per heavy atom. The molecule has 2 heteroatoms. The lowest BCUT2D eigenvalue weighted by atomic mass is 9.69. The van der Waals surface area contributed by atoms with Crippen LogP contribution in [0.25, 0.3) is 0 Å². The lowest BCUT2D eigenvalue weighted by molar-refractivity contribution is 0.223. The van der Waals surface area contributed by atoms with Crippen LogP contribution in [0.1, 0.15) is 75.8 Å². The first kappa shape index (κ1) is 15.1. The lowest BCUT2D eigenvalue weighted by Gasteiger charge is -2.37. The van der Waals surface area contributed by atoms with E-state index in [0.717, 1.165) is 19.3 Å². The van der Waals surface area contributed by atoms with Crippen LogP contribution in [-0.4, -0.2) is 6.04 Å². The summed E-state index contributed by atoms with van der Waals surface area (Å²) in [4.78, 5) is 0. The summed E-state index contributed by atoms with van der Waals surface area (Å²) in [5.41, 5.74) is 16.1. The highest BCUT2D eigenvalue weighted by Gasteiger charge is 2.38. The van der Waals surface area contributed by atoms with Crippen LogP contribution in [0.5, 0.6) is 0 Å². The summed E-state index contributed by atoms with van der Waals surface area (Å²) in [6.07, 6.45) is 8.26. The molecule has 0 heterocycles. The minimum atomic E-state index is -0.191. The third kappa shape index (κ3) is 3.02. The molecule has 4 N–H and O–H groups in total. The predicted octanol–water partition coefficient (Wildman–Crippen LogP) is 4.04. The van der Waals surface area contributed by atoms with E-state index in [-0.39, 0.29) is 11.6 Å². The molecule has 1 aromatic carbocycles. The Hall–Kier alpha value is -0.860. The van der Waals surface area contributed by atoms with Gasteiger partial charge in [-0.05, 0) is 67.4 Å². The van der Waals surface area contributed by atoms with Gasteiger partial charge in [-0.15, -0.1) is 0 Å². The molecule has 1 aromatic rings. The highest BCUT2D eigenvalue weighted by atomic mass is 14.8. The molecular formula is C19H30N2. The van der Waals surface area contributed by atoms with E-state index in [1.165, 1.54) is 36.8 Å². The third-order valence-electron chi connectivity index (χ3n) is 5.86. The highest BCUT2D eigenvalue weighted by Crippen LogP contribution is 2.46. The molecule has 2 atom stereocenters. The summed E-state index contributed by atoms with van der Waals surface area (Å²) in [6, 6.07) is 9.17. The van der Waals surface area contributed by atoms with E-state index in [1.54, 1.807) is 0 Å². The number of benzene rings is 1. The average molecular weight is 286 g/mol. The van der Waals surface area contributed by atoms with Crippen molar-refractivity contribution in [3.63, 3.8) is 0 Å². The molecule has 0 radical (unpaired) electrons. The van der Waals surface area contributed by atoms with Crippen molar-refractivity contribution in [1.82, 2.24) is 0 Å². The van der Waals surface area contributed by atoms with Gasteiger partial charge in [-0.2, -0.15) is 0 Å². The smallest absolute Gasteiger partial charge is 0.0427 e. The van der Waals surface area contributed by atoms with Gasteiger partial charge in [0.25, 0.3) is 0 Å². The lowest BCUT2D eigenvalue weighted by Crippen LogP contribution is -2.37. The summed E-state index contributed by atoms with van der Waals surface area (Å²) in [6.45, 7) is 4.80. The number of nitrogens with two attached hydrogens (primary N) is 2. The molecule has 2 unspecified atom stereocenters. The Balaban J connectivity index is 1.87. The normalized spacial score (nSPS) is 33.2. The van der Waals surface area contributed by atoms with Gasteiger partial charge in [0.2, 0.25) is 0 Å². The van der Waals surface area contributed by atoms with Crippen molar-refractivity contribution in [2.24, 2.45) is 16.9 Å². The van der Waals surface area contributed by atoms with Crippen molar-refractivity contribution >= 4 is 0 Å². The van der Waals surface area contributed by atoms with Gasteiger partial charge >= 0.3 is 0 Å². The molecule has 3 rings (SSSR count). The minimum Gasteiger partial charge on any atom is -0.328 e. The van der Waals surface area contributed by atoms with Crippen LogP contribution < -0.4 is 11.5 Å². The van der Waals surface area contributed by atoms with Gasteiger partial charge in [-0.1, -0.05) is 38.1 Å². The second kappa shape index (κ2) is 5.40. The number of hydrogen-bond donors (Lipinski definition) is 2. The van der Waals surface area contributed by atoms with E-state index in [9.17, 15) is 0 Å². The first-order valence-electron chi connectivity index (χ1n) is 8.54. The van der Waals surface area contributed by atoms with Gasteiger partial charge in [-0.25, -0.2) is 0 Å². The van der Waals surface area contributed by atoms with Crippen LogP contribution in [-0.2, 0) is 5.54 Å². The Kier molecular flexibility index (Phi) is 3.87. The quantitative estimate of drug-likeness (QED) is 0.862. The summed E-state index contributed by atoms with van der Waals surface area (Å²) >= 11 is 0. The molecule has 2 nitrogen and oxygen atoms in total. The standard InChI is InChI=1S/C19H30N2/c1-18(2)10-7-14(8-11-18)16-5-3-4-6-17(16)19(21)12-9-15(20)13-19/h3-6,14-15H,7-13,20-21H2,1-2H3. The maximum Gasteiger partial charge on any atom is 0.0427 e. The van der Waals surface area contributed by atoms with Crippen molar-refractivity contribution in [1.29, 1.82) is 0 Å². The fourth-order valence-electron chi connectivity index (χ4n) is 4.38. The summed E-state index contributed by atoms with van der Waals surface area (Å²) in [5.74, 6) is 0.687. The minimum absolute atomic E-state index is 0.191. The van der Waals surface area contributed by atoms with Crippen LogP contribution in [0.4, 0.5) is 0 Å². The fraction of sp³-hybridized carbons (Fsp3) is 0.684. The number of rotatable bonds is 2. The second-order valence-corrected chi connectivity index (χ2v) is 8.18. The first-order chi connectivity index (χ1) is 9.90. The van der Waals surface area contributed by atoms with Gasteiger partial charge in [0.15, 0.2) is 0 Å². The molecule has 2 saturated carbocycles. The largest absolute Gasteiger partial charge is 0.328 e. The van der Waals surface area contributed by atoms with E-state index < -0.39 is 0 Å². The molecule has 21 heavy (non-hydrogen) atoms. The van der Waals surface area contributed by atoms with Crippen molar-refractivity contribution in [3.05, 3.63) is 35.4 Å². The Labute approximate surface area is 129 Å². The van der Waals surface area contributed by atoms with Crippen molar-refractivity contribution in [3.8, 4) is 0 Å². The van der Waals surface area contributed by atoms with Crippen LogP contribution in [0.3, 0.4) is 0 Å². The molecule has 0 saturated heterocycles. The predicted molar refractivity (Wildman–Crippen MR) is 89.1 cm³/mol. The molecule has 0 spiro atoms. The average Bonchev–Trinajstić information content (AvgIpc) is 2.80. The van der Waals surface area contributed by atoms with E-state index in [4.69, 9.17) is 11.5 Å². The third-order valence-corrected chi connectivity index (χ3v) is 5.86. The second-order valence-electron chi connectivity index (χ2n) is 8.18. The van der Waals surface area contributed by atoms with Gasteiger partial charge in [0.05, 0.1) is 0 Å². The summed E-state index contributed by atoms with van der Waals surface area (Å²) in [5, 5.41) is 0. The Bertz CT molecular complexity index is 498. The van der Waals surface area contributed by atoms with Gasteiger partial charge in [0.1, 0.15) is 0 Å². The van der Waals surface area contributed by atoms with E-state index in [1.807, 2.05) is 0 Å². The topological polar surface area (TPSA) is 52.0 Å². The first-order valence-corrected chi connectivity index (χ1v) is 8.54. The van der Waals surface area contributed by atoms with E-state index >= 15 is 0 Å². The summed E-state index contributed by atoms with van der Waals surface area (Å²) in [7, 11) is 0. The van der Waals surface area contributed by atoms with Crippen LogP contribution in [0.2, 0.25) is 0 Å². The SMILES string of the molecule is CC1(C)CCC(c2ccccc2C2(N)CCC(N)C2)CC1. The van der Waals surface area contributed by atoms with Crippen LogP contribution in [0.15, 0.2) is 24.3 Å². The molecule has 2 aliphatic rings. The maximum absolute atomic E-state index is 6.75. The summed E-state index contributed by atoms with van der Waals surface area (Å²) < 4.78 is 0. The van der Waals surface area contributed by atoms with Crippen LogP contribution in [0, 0.1) is 5.41 Å². The molecule has 0 aromatic heterocycles. The molecular weight excluding hydrogens is 256 g/mol. The van der Waals surface area contributed by atoms with E-state index in [2.05, 4.69) is 38.1 Å². The van der Waals surface area contributed by atoms with E-state index in [0.29, 0.717) is 11.3 Å². The molecule has 116 valence electrons. The zero-order valence-electron chi connectivity index (χ0n) is 13.6. The molecule has 2 fully saturated rings.